The van der Waals surface area contributed by atoms with Crippen molar-refractivity contribution in [3.8, 4) is 0 Å². The minimum absolute atomic E-state index is 0.122. The number of aryl methyl sites for hydroxylation is 1. The van der Waals surface area contributed by atoms with Crippen LogP contribution in [-0.4, -0.2) is 26.7 Å². The van der Waals surface area contributed by atoms with Crippen LogP contribution in [0.3, 0.4) is 0 Å². The third kappa shape index (κ3) is 1.29. The predicted octanol–water partition coefficient (Wildman–Crippen LogP) is 0.163. The number of aromatic nitrogens is 2. The Morgan fingerprint density at radius 1 is 1.71 bits per heavy atom. The Morgan fingerprint density at radius 2 is 2.43 bits per heavy atom. The lowest BCUT2D eigenvalue weighted by atomic mass is 10.0. The molecule has 0 aliphatic carbocycles. The van der Waals surface area contributed by atoms with Gasteiger partial charge in [0.05, 0.1) is 5.69 Å². The van der Waals surface area contributed by atoms with Gasteiger partial charge in [-0.15, -0.1) is 0 Å². The molecular weight excluding hydrogens is 182 g/mol. The van der Waals surface area contributed by atoms with E-state index in [1.165, 1.54) is 0 Å². The highest BCUT2D eigenvalue weighted by molar-refractivity contribution is 5.86. The van der Waals surface area contributed by atoms with E-state index in [2.05, 4.69) is 4.98 Å². The van der Waals surface area contributed by atoms with Crippen molar-refractivity contribution < 1.29 is 9.90 Å². The topological polar surface area (TPSA) is 81.1 Å². The third-order valence-corrected chi connectivity index (χ3v) is 2.63. The molecule has 0 saturated carbocycles. The molecule has 1 aromatic rings. The van der Waals surface area contributed by atoms with Crippen LogP contribution in [0.25, 0.3) is 0 Å². The molecule has 2 heterocycles. The van der Waals surface area contributed by atoms with Crippen molar-refractivity contribution in [2.45, 2.75) is 32.4 Å². The second-order valence-corrected chi connectivity index (χ2v) is 3.67. The number of nitrogens with two attached hydrogens (primary N) is 1. The molecule has 0 radical (unpaired) electrons. The number of carbonyl (C=O) groups is 1. The lowest BCUT2D eigenvalue weighted by molar-refractivity contribution is 0.0689. The SMILES string of the molecule is Cc1nc(C(=O)O)c2n1CC(N)CC2. The molecule has 76 valence electrons. The van der Waals surface area contributed by atoms with Gasteiger partial charge < -0.3 is 15.4 Å². The van der Waals surface area contributed by atoms with E-state index in [1.807, 2.05) is 11.5 Å². The van der Waals surface area contributed by atoms with E-state index in [-0.39, 0.29) is 11.7 Å². The molecule has 5 heteroatoms. The van der Waals surface area contributed by atoms with Crippen LogP contribution in [0.1, 0.15) is 28.4 Å². The zero-order valence-corrected chi connectivity index (χ0v) is 8.03. The largest absolute Gasteiger partial charge is 0.476 e. The maximum atomic E-state index is 10.9. The quantitative estimate of drug-likeness (QED) is 0.669. The Kier molecular flexibility index (Phi) is 2.03. The van der Waals surface area contributed by atoms with Gasteiger partial charge in [0.1, 0.15) is 5.82 Å². The van der Waals surface area contributed by atoms with Gasteiger partial charge in [-0.2, -0.15) is 0 Å². The third-order valence-electron chi connectivity index (χ3n) is 2.63. The van der Waals surface area contributed by atoms with Crippen molar-refractivity contribution >= 4 is 5.97 Å². The number of aromatic carboxylic acids is 1. The van der Waals surface area contributed by atoms with E-state index >= 15 is 0 Å². The van der Waals surface area contributed by atoms with Crippen LogP contribution < -0.4 is 5.73 Å². The summed E-state index contributed by atoms with van der Waals surface area (Å²) in [6.07, 6.45) is 1.55. The molecule has 1 atom stereocenters. The molecule has 5 nitrogen and oxygen atoms in total. The zero-order chi connectivity index (χ0) is 10.3. The normalized spacial score (nSPS) is 20.6. The summed E-state index contributed by atoms with van der Waals surface area (Å²) in [5.74, 6) is -0.204. The average molecular weight is 195 g/mol. The Morgan fingerprint density at radius 3 is 3.07 bits per heavy atom. The van der Waals surface area contributed by atoms with E-state index in [4.69, 9.17) is 10.8 Å². The van der Waals surface area contributed by atoms with Gasteiger partial charge in [0.25, 0.3) is 0 Å². The summed E-state index contributed by atoms with van der Waals surface area (Å²) in [6, 6.07) is 0.122. The first-order chi connectivity index (χ1) is 6.59. The van der Waals surface area contributed by atoms with Gasteiger partial charge in [-0.3, -0.25) is 0 Å². The summed E-state index contributed by atoms with van der Waals surface area (Å²) < 4.78 is 1.91. The molecule has 0 saturated heterocycles. The van der Waals surface area contributed by atoms with Gasteiger partial charge in [0.15, 0.2) is 5.69 Å². The van der Waals surface area contributed by atoms with Gasteiger partial charge in [-0.1, -0.05) is 0 Å². The minimum atomic E-state index is -0.947. The van der Waals surface area contributed by atoms with Gasteiger partial charge in [0.2, 0.25) is 0 Å². The van der Waals surface area contributed by atoms with Crippen LogP contribution in [0.2, 0.25) is 0 Å². The van der Waals surface area contributed by atoms with Crippen LogP contribution in [0.4, 0.5) is 0 Å². The van der Waals surface area contributed by atoms with E-state index in [1.54, 1.807) is 0 Å². The Bertz CT molecular complexity index is 384. The van der Waals surface area contributed by atoms with E-state index in [0.717, 1.165) is 17.9 Å². The second kappa shape index (κ2) is 3.09. The van der Waals surface area contributed by atoms with Crippen LogP contribution in [0, 0.1) is 6.92 Å². The fraction of sp³-hybridized carbons (Fsp3) is 0.556. The van der Waals surface area contributed by atoms with Crippen LogP contribution >= 0.6 is 0 Å². The minimum Gasteiger partial charge on any atom is -0.476 e. The van der Waals surface area contributed by atoms with Crippen LogP contribution in [-0.2, 0) is 13.0 Å². The molecule has 0 spiro atoms. The van der Waals surface area contributed by atoms with Gasteiger partial charge in [-0.05, 0) is 19.8 Å². The maximum Gasteiger partial charge on any atom is 0.356 e. The highest BCUT2D eigenvalue weighted by Gasteiger charge is 2.24. The van der Waals surface area contributed by atoms with Gasteiger partial charge in [0, 0.05) is 12.6 Å². The molecular formula is C9H13N3O2. The van der Waals surface area contributed by atoms with Crippen LogP contribution in [0.5, 0.6) is 0 Å². The van der Waals surface area contributed by atoms with E-state index < -0.39 is 5.97 Å². The molecule has 0 aromatic carbocycles. The summed E-state index contributed by atoms with van der Waals surface area (Å²) in [6.45, 7) is 2.50. The second-order valence-electron chi connectivity index (χ2n) is 3.67. The summed E-state index contributed by atoms with van der Waals surface area (Å²) in [7, 11) is 0. The molecule has 1 aliphatic heterocycles. The average Bonchev–Trinajstić information content (AvgIpc) is 2.44. The molecule has 2 rings (SSSR count). The standard InChI is InChI=1S/C9H13N3O2/c1-5-11-8(9(13)14)7-3-2-6(10)4-12(5)7/h6H,2-4,10H2,1H3,(H,13,14). The summed E-state index contributed by atoms with van der Waals surface area (Å²) in [4.78, 5) is 14.9. The first-order valence-electron chi connectivity index (χ1n) is 4.64. The number of rotatable bonds is 1. The molecule has 1 aromatic heterocycles. The number of imidazole rings is 1. The summed E-state index contributed by atoms with van der Waals surface area (Å²) in [5.41, 5.74) is 6.81. The van der Waals surface area contributed by atoms with Crippen molar-refractivity contribution in [3.63, 3.8) is 0 Å². The van der Waals surface area contributed by atoms with Crippen molar-refractivity contribution in [3.05, 3.63) is 17.2 Å². The lowest BCUT2D eigenvalue weighted by Crippen LogP contribution is -2.32. The van der Waals surface area contributed by atoms with Crippen molar-refractivity contribution in [2.24, 2.45) is 5.73 Å². The number of nitrogens with zero attached hydrogens (tertiary/aromatic N) is 2. The molecule has 1 aliphatic rings. The van der Waals surface area contributed by atoms with Gasteiger partial charge in [-0.25, -0.2) is 9.78 Å². The first kappa shape index (κ1) is 9.21. The molecule has 3 N–H and O–H groups in total. The Hall–Kier alpha value is -1.36. The first-order valence-corrected chi connectivity index (χ1v) is 4.64. The number of hydrogen-bond donors (Lipinski definition) is 2. The molecule has 0 fully saturated rings. The number of carboxylic acid groups (broad SMARTS) is 1. The highest BCUT2D eigenvalue weighted by Crippen LogP contribution is 2.19. The van der Waals surface area contributed by atoms with Crippen molar-refractivity contribution in [2.75, 3.05) is 0 Å². The molecule has 0 amide bonds. The number of carboxylic acids is 1. The van der Waals surface area contributed by atoms with Crippen molar-refractivity contribution in [1.29, 1.82) is 0 Å². The molecule has 14 heavy (non-hydrogen) atoms. The summed E-state index contributed by atoms with van der Waals surface area (Å²) >= 11 is 0. The maximum absolute atomic E-state index is 10.9. The fourth-order valence-corrected chi connectivity index (χ4v) is 1.92. The Labute approximate surface area is 81.5 Å². The lowest BCUT2D eigenvalue weighted by Gasteiger charge is -2.21. The smallest absolute Gasteiger partial charge is 0.356 e. The van der Waals surface area contributed by atoms with Gasteiger partial charge >= 0.3 is 5.97 Å². The van der Waals surface area contributed by atoms with Crippen LogP contribution in [0.15, 0.2) is 0 Å². The summed E-state index contributed by atoms with van der Waals surface area (Å²) in [5, 5.41) is 8.91. The molecule has 0 bridgehead atoms. The van der Waals surface area contributed by atoms with E-state index in [0.29, 0.717) is 13.0 Å². The van der Waals surface area contributed by atoms with E-state index in [9.17, 15) is 4.79 Å². The monoisotopic (exact) mass is 195 g/mol. The van der Waals surface area contributed by atoms with Crippen molar-refractivity contribution in [1.82, 2.24) is 9.55 Å². The fourth-order valence-electron chi connectivity index (χ4n) is 1.92. The zero-order valence-electron chi connectivity index (χ0n) is 8.03. The Balaban J connectivity index is 2.49. The highest BCUT2D eigenvalue weighted by atomic mass is 16.4. The number of fused-ring (bicyclic) bond motifs is 1. The number of hydrogen-bond acceptors (Lipinski definition) is 3. The molecule has 1 unspecified atom stereocenters. The predicted molar refractivity (Wildman–Crippen MR) is 50.2 cm³/mol.